The van der Waals surface area contributed by atoms with E-state index in [4.69, 9.17) is 10.5 Å². The van der Waals surface area contributed by atoms with E-state index in [9.17, 15) is 4.79 Å². The lowest BCUT2D eigenvalue weighted by Gasteiger charge is -2.28. The molecule has 1 atom stereocenters. The van der Waals surface area contributed by atoms with Crippen LogP contribution in [0, 0.1) is 0 Å². The van der Waals surface area contributed by atoms with E-state index in [1.807, 2.05) is 29.2 Å². The molecule has 2 aliphatic rings. The third kappa shape index (κ3) is 3.36. The highest BCUT2D eigenvalue weighted by Gasteiger charge is 2.32. The number of likely N-dealkylation sites (tertiary alicyclic amines) is 1. The minimum atomic E-state index is 0.00953. The number of hydrogen-bond donors (Lipinski definition) is 1. The van der Waals surface area contributed by atoms with Crippen molar-refractivity contribution in [2.75, 3.05) is 51.7 Å². The van der Waals surface area contributed by atoms with Crippen LogP contribution in [0.1, 0.15) is 17.9 Å². The van der Waals surface area contributed by atoms with Crippen LogP contribution in [0.5, 0.6) is 0 Å². The minimum absolute atomic E-state index is 0.00953. The topological polar surface area (TPSA) is 58.8 Å². The first kappa shape index (κ1) is 14.4. The number of anilines is 1. The third-order valence-corrected chi connectivity index (χ3v) is 4.43. The molecule has 5 nitrogen and oxygen atoms in total. The number of amides is 1. The summed E-state index contributed by atoms with van der Waals surface area (Å²) in [5.41, 5.74) is 7.54. The van der Waals surface area contributed by atoms with Gasteiger partial charge >= 0.3 is 0 Å². The predicted molar refractivity (Wildman–Crippen MR) is 82.1 cm³/mol. The molecule has 2 fully saturated rings. The number of ether oxygens (including phenoxy) is 1. The van der Waals surface area contributed by atoms with E-state index in [1.54, 1.807) is 0 Å². The molecule has 0 aliphatic carbocycles. The Bertz CT molecular complexity index is 483. The van der Waals surface area contributed by atoms with E-state index in [-0.39, 0.29) is 11.8 Å². The van der Waals surface area contributed by atoms with Crippen molar-refractivity contribution < 1.29 is 9.53 Å². The average molecular weight is 289 g/mol. The molecule has 1 unspecified atom stereocenters. The van der Waals surface area contributed by atoms with Crippen LogP contribution < -0.4 is 5.73 Å². The van der Waals surface area contributed by atoms with Crippen LogP contribution in [-0.2, 0) is 9.53 Å². The number of carbonyl (C=O) groups is 1. The van der Waals surface area contributed by atoms with Gasteiger partial charge in [0.25, 0.3) is 0 Å². The fourth-order valence-corrected chi connectivity index (χ4v) is 3.09. The molecule has 0 bridgehead atoms. The summed E-state index contributed by atoms with van der Waals surface area (Å²) >= 11 is 0. The van der Waals surface area contributed by atoms with Crippen LogP contribution in [0.3, 0.4) is 0 Å². The zero-order chi connectivity index (χ0) is 14.7. The Morgan fingerprint density at radius 2 is 1.81 bits per heavy atom. The second-order valence-electron chi connectivity index (χ2n) is 5.79. The molecule has 0 spiro atoms. The molecule has 5 heteroatoms. The van der Waals surface area contributed by atoms with Crippen molar-refractivity contribution in [3.05, 3.63) is 29.8 Å². The van der Waals surface area contributed by atoms with Gasteiger partial charge in [0.15, 0.2) is 0 Å². The van der Waals surface area contributed by atoms with Gasteiger partial charge in [-0.3, -0.25) is 9.69 Å². The summed E-state index contributed by atoms with van der Waals surface area (Å²) in [7, 11) is 0. The van der Waals surface area contributed by atoms with Gasteiger partial charge in [-0.05, 0) is 24.1 Å². The van der Waals surface area contributed by atoms with E-state index >= 15 is 0 Å². The molecule has 3 rings (SSSR count). The van der Waals surface area contributed by atoms with Gasteiger partial charge in [-0.25, -0.2) is 0 Å². The maximum absolute atomic E-state index is 12.5. The van der Waals surface area contributed by atoms with Gasteiger partial charge in [0.2, 0.25) is 5.91 Å². The Labute approximate surface area is 125 Å². The molecule has 2 heterocycles. The molecule has 2 N–H and O–H groups in total. The van der Waals surface area contributed by atoms with Gasteiger partial charge in [0.1, 0.15) is 0 Å². The standard InChI is InChI=1S/C16H23N3O2/c17-14-3-1-13(2-4-14)15-5-6-19(16(15)20)8-7-18-9-11-21-12-10-18/h1-4,15H,5-12,17H2. The summed E-state index contributed by atoms with van der Waals surface area (Å²) in [4.78, 5) is 16.9. The number of morpholine rings is 1. The highest BCUT2D eigenvalue weighted by molar-refractivity contribution is 5.85. The van der Waals surface area contributed by atoms with Crippen LogP contribution in [-0.4, -0.2) is 61.6 Å². The van der Waals surface area contributed by atoms with Crippen molar-refractivity contribution in [1.82, 2.24) is 9.80 Å². The Hall–Kier alpha value is -1.59. The number of benzene rings is 1. The zero-order valence-electron chi connectivity index (χ0n) is 12.3. The summed E-state index contributed by atoms with van der Waals surface area (Å²) in [5.74, 6) is 0.267. The van der Waals surface area contributed by atoms with Crippen LogP contribution in [0.25, 0.3) is 0 Å². The quantitative estimate of drug-likeness (QED) is 0.837. The summed E-state index contributed by atoms with van der Waals surface area (Å²) in [6.45, 7) is 6.20. The van der Waals surface area contributed by atoms with Crippen LogP contribution in [0.2, 0.25) is 0 Å². The predicted octanol–water partition coefficient (Wildman–Crippen LogP) is 0.917. The van der Waals surface area contributed by atoms with E-state index in [1.165, 1.54) is 0 Å². The summed E-state index contributed by atoms with van der Waals surface area (Å²) < 4.78 is 5.34. The van der Waals surface area contributed by atoms with Gasteiger partial charge in [0.05, 0.1) is 19.1 Å². The molecule has 2 saturated heterocycles. The molecular formula is C16H23N3O2. The van der Waals surface area contributed by atoms with Crippen LogP contribution >= 0.6 is 0 Å². The van der Waals surface area contributed by atoms with Gasteiger partial charge in [-0.1, -0.05) is 12.1 Å². The monoisotopic (exact) mass is 289 g/mol. The normalized spacial score (nSPS) is 23.7. The lowest BCUT2D eigenvalue weighted by atomic mass is 9.97. The lowest BCUT2D eigenvalue weighted by Crippen LogP contribution is -2.42. The molecule has 0 saturated carbocycles. The van der Waals surface area contributed by atoms with Crippen molar-refractivity contribution in [2.45, 2.75) is 12.3 Å². The minimum Gasteiger partial charge on any atom is -0.399 e. The number of rotatable bonds is 4. The Kier molecular flexibility index (Phi) is 4.41. The summed E-state index contributed by atoms with van der Waals surface area (Å²) in [6.07, 6.45) is 0.909. The fourth-order valence-electron chi connectivity index (χ4n) is 3.09. The van der Waals surface area contributed by atoms with Crippen molar-refractivity contribution >= 4 is 11.6 Å². The average Bonchev–Trinajstić information content (AvgIpc) is 2.88. The first-order chi connectivity index (χ1) is 10.2. The first-order valence-electron chi connectivity index (χ1n) is 7.68. The molecular weight excluding hydrogens is 266 g/mol. The summed E-state index contributed by atoms with van der Waals surface area (Å²) in [6, 6.07) is 7.70. The maximum Gasteiger partial charge on any atom is 0.230 e. The van der Waals surface area contributed by atoms with Crippen molar-refractivity contribution in [1.29, 1.82) is 0 Å². The largest absolute Gasteiger partial charge is 0.399 e. The van der Waals surface area contributed by atoms with Crippen molar-refractivity contribution in [2.24, 2.45) is 0 Å². The fraction of sp³-hybridized carbons (Fsp3) is 0.562. The van der Waals surface area contributed by atoms with E-state index in [0.717, 1.165) is 63.6 Å². The van der Waals surface area contributed by atoms with Gasteiger partial charge in [-0.15, -0.1) is 0 Å². The van der Waals surface area contributed by atoms with E-state index in [0.29, 0.717) is 0 Å². The first-order valence-corrected chi connectivity index (χ1v) is 7.68. The number of carbonyl (C=O) groups excluding carboxylic acids is 1. The second-order valence-corrected chi connectivity index (χ2v) is 5.79. The van der Waals surface area contributed by atoms with Gasteiger partial charge < -0.3 is 15.4 Å². The molecule has 1 aromatic carbocycles. The van der Waals surface area contributed by atoms with E-state index < -0.39 is 0 Å². The molecule has 1 amide bonds. The molecule has 0 aromatic heterocycles. The molecule has 1 aromatic rings. The SMILES string of the molecule is Nc1ccc(C2CCN(CCN3CCOCC3)C2=O)cc1. The third-order valence-electron chi connectivity index (χ3n) is 4.43. The smallest absolute Gasteiger partial charge is 0.230 e. The number of hydrogen-bond acceptors (Lipinski definition) is 4. The molecule has 21 heavy (non-hydrogen) atoms. The lowest BCUT2D eigenvalue weighted by molar-refractivity contribution is -0.129. The highest BCUT2D eigenvalue weighted by atomic mass is 16.5. The number of nitrogens with zero attached hydrogens (tertiary/aromatic N) is 2. The van der Waals surface area contributed by atoms with Crippen LogP contribution in [0.15, 0.2) is 24.3 Å². The summed E-state index contributed by atoms with van der Waals surface area (Å²) in [5, 5.41) is 0. The number of nitrogen functional groups attached to an aromatic ring is 1. The maximum atomic E-state index is 12.5. The Morgan fingerprint density at radius 1 is 1.10 bits per heavy atom. The highest BCUT2D eigenvalue weighted by Crippen LogP contribution is 2.28. The van der Waals surface area contributed by atoms with E-state index in [2.05, 4.69) is 4.90 Å². The second kappa shape index (κ2) is 6.45. The Morgan fingerprint density at radius 3 is 2.52 bits per heavy atom. The number of nitrogens with two attached hydrogens (primary N) is 1. The van der Waals surface area contributed by atoms with Crippen molar-refractivity contribution in [3.63, 3.8) is 0 Å². The molecule has 0 radical (unpaired) electrons. The van der Waals surface area contributed by atoms with Crippen molar-refractivity contribution in [3.8, 4) is 0 Å². The molecule has 2 aliphatic heterocycles. The van der Waals surface area contributed by atoms with Gasteiger partial charge in [0, 0.05) is 38.4 Å². The Balaban J connectivity index is 1.54. The molecule has 114 valence electrons. The van der Waals surface area contributed by atoms with Crippen LogP contribution in [0.4, 0.5) is 5.69 Å². The van der Waals surface area contributed by atoms with Gasteiger partial charge in [-0.2, -0.15) is 0 Å². The zero-order valence-corrected chi connectivity index (χ0v) is 12.3.